The molecule has 0 fully saturated rings. The third kappa shape index (κ3) is 3.28. The number of rotatable bonds is 6. The fourth-order valence-corrected chi connectivity index (χ4v) is 2.88. The fourth-order valence-electron chi connectivity index (χ4n) is 2.17. The maximum atomic E-state index is 12.3. The van der Waals surface area contributed by atoms with Gasteiger partial charge in [0.2, 0.25) is 0 Å². The van der Waals surface area contributed by atoms with Gasteiger partial charge in [-0.15, -0.1) is 11.3 Å². The Bertz CT molecular complexity index is 717. The number of hydrogen-bond acceptors (Lipinski definition) is 5. The highest BCUT2D eigenvalue weighted by Gasteiger charge is 2.20. The van der Waals surface area contributed by atoms with Crippen LogP contribution >= 0.6 is 11.3 Å². The van der Waals surface area contributed by atoms with E-state index in [2.05, 4.69) is 10.3 Å². The molecule has 1 amide bonds. The molecular weight excluding hydrogens is 300 g/mol. The van der Waals surface area contributed by atoms with Crippen LogP contribution < -0.4 is 5.32 Å². The van der Waals surface area contributed by atoms with Crippen LogP contribution in [0.3, 0.4) is 0 Å². The van der Waals surface area contributed by atoms with Crippen molar-refractivity contribution in [1.29, 1.82) is 0 Å². The minimum absolute atomic E-state index is 0.0190. The highest BCUT2D eigenvalue weighted by atomic mass is 32.1. The third-order valence-electron chi connectivity index (χ3n) is 3.31. The van der Waals surface area contributed by atoms with Crippen molar-refractivity contribution < 1.29 is 13.6 Å². The summed E-state index contributed by atoms with van der Waals surface area (Å²) in [5.41, 5.74) is 0.326. The number of oxazole rings is 1. The Kier molecular flexibility index (Phi) is 4.39. The van der Waals surface area contributed by atoms with Gasteiger partial charge >= 0.3 is 0 Å². The van der Waals surface area contributed by atoms with E-state index in [1.165, 1.54) is 17.7 Å². The van der Waals surface area contributed by atoms with Crippen molar-refractivity contribution in [2.45, 2.75) is 25.8 Å². The second-order valence-electron chi connectivity index (χ2n) is 5.00. The highest BCUT2D eigenvalue weighted by molar-refractivity contribution is 7.13. The van der Waals surface area contributed by atoms with Crippen molar-refractivity contribution in [1.82, 2.24) is 10.3 Å². The smallest absolute Gasteiger partial charge is 0.274 e. The van der Waals surface area contributed by atoms with E-state index >= 15 is 0 Å². The number of thiophene rings is 1. The summed E-state index contributed by atoms with van der Waals surface area (Å²) in [7, 11) is 0. The first-order chi connectivity index (χ1) is 10.7. The lowest BCUT2D eigenvalue weighted by Gasteiger charge is -2.12. The van der Waals surface area contributed by atoms with Gasteiger partial charge < -0.3 is 14.2 Å². The second kappa shape index (κ2) is 6.62. The Morgan fingerprint density at radius 2 is 2.27 bits per heavy atom. The van der Waals surface area contributed by atoms with Gasteiger partial charge in [0, 0.05) is 12.5 Å². The maximum Gasteiger partial charge on any atom is 0.274 e. The summed E-state index contributed by atoms with van der Waals surface area (Å²) in [5, 5.41) is 4.88. The molecule has 3 aromatic heterocycles. The van der Waals surface area contributed by atoms with E-state index in [0.29, 0.717) is 11.5 Å². The zero-order chi connectivity index (χ0) is 15.4. The summed E-state index contributed by atoms with van der Waals surface area (Å²) in [6.45, 7) is 1.96. The topological polar surface area (TPSA) is 68.3 Å². The Morgan fingerprint density at radius 3 is 3.00 bits per heavy atom. The van der Waals surface area contributed by atoms with Gasteiger partial charge in [0.05, 0.1) is 11.1 Å². The van der Waals surface area contributed by atoms with Gasteiger partial charge in [0.25, 0.3) is 5.91 Å². The molecule has 0 aliphatic heterocycles. The van der Waals surface area contributed by atoms with Crippen LogP contribution in [-0.4, -0.2) is 16.9 Å². The van der Waals surface area contributed by atoms with E-state index in [1.807, 2.05) is 36.6 Å². The molecule has 3 aromatic rings. The summed E-state index contributed by atoms with van der Waals surface area (Å²) >= 11 is 1.51. The van der Waals surface area contributed by atoms with E-state index in [1.54, 1.807) is 6.26 Å². The highest BCUT2D eigenvalue weighted by Crippen LogP contribution is 2.27. The first-order valence-electron chi connectivity index (χ1n) is 7.04. The van der Waals surface area contributed by atoms with Crippen molar-refractivity contribution in [3.63, 3.8) is 0 Å². The molecule has 0 spiro atoms. The van der Waals surface area contributed by atoms with Gasteiger partial charge in [-0.3, -0.25) is 4.79 Å². The third-order valence-corrected chi connectivity index (χ3v) is 4.18. The summed E-state index contributed by atoms with van der Waals surface area (Å²) in [6.07, 6.45) is 4.54. The van der Waals surface area contributed by atoms with Crippen molar-refractivity contribution in [3.8, 4) is 10.6 Å². The van der Waals surface area contributed by atoms with Crippen LogP contribution in [0.4, 0.5) is 0 Å². The average molecular weight is 316 g/mol. The quantitative estimate of drug-likeness (QED) is 0.752. The standard InChI is InChI=1S/C16H16N2O3S/c1-11(6-7-12-4-2-8-20-12)18-16(19)14-15(21-10-17-14)13-5-3-9-22-13/h2-5,8-11H,6-7H2,1H3,(H,18,19). The monoisotopic (exact) mass is 316 g/mol. The molecule has 114 valence electrons. The molecule has 1 N–H and O–H groups in total. The Hall–Kier alpha value is -2.34. The molecule has 0 aliphatic rings. The Labute approximate surface area is 132 Å². The first kappa shape index (κ1) is 14.6. The lowest BCUT2D eigenvalue weighted by atomic mass is 10.1. The van der Waals surface area contributed by atoms with Crippen LogP contribution in [0.2, 0.25) is 0 Å². The van der Waals surface area contributed by atoms with Gasteiger partial charge in [-0.1, -0.05) is 6.07 Å². The zero-order valence-electron chi connectivity index (χ0n) is 12.1. The summed E-state index contributed by atoms with van der Waals surface area (Å²) < 4.78 is 10.6. The Morgan fingerprint density at radius 1 is 1.36 bits per heavy atom. The number of carbonyl (C=O) groups is 1. The summed E-state index contributed by atoms with van der Waals surface area (Å²) in [5.74, 6) is 1.22. The van der Waals surface area contributed by atoms with Crippen LogP contribution in [0.15, 0.2) is 51.1 Å². The predicted octanol–water partition coefficient (Wildman–Crippen LogP) is 3.75. The lowest BCUT2D eigenvalue weighted by molar-refractivity contribution is 0.0934. The molecule has 0 aliphatic carbocycles. The molecule has 0 radical (unpaired) electrons. The van der Waals surface area contributed by atoms with Gasteiger partial charge in [0.15, 0.2) is 17.8 Å². The predicted molar refractivity (Wildman–Crippen MR) is 83.8 cm³/mol. The number of hydrogen-bond donors (Lipinski definition) is 1. The maximum absolute atomic E-state index is 12.3. The van der Waals surface area contributed by atoms with Crippen LogP contribution in [0.25, 0.3) is 10.6 Å². The molecule has 1 unspecified atom stereocenters. The van der Waals surface area contributed by atoms with Crippen molar-refractivity contribution in [2.75, 3.05) is 0 Å². The van der Waals surface area contributed by atoms with Crippen LogP contribution in [0, 0.1) is 0 Å². The molecule has 0 bridgehead atoms. The van der Waals surface area contributed by atoms with E-state index in [4.69, 9.17) is 8.83 Å². The average Bonchev–Trinajstić information content (AvgIpc) is 3.24. The number of carbonyl (C=O) groups excluding carboxylic acids is 1. The molecule has 5 nitrogen and oxygen atoms in total. The number of furan rings is 1. The summed E-state index contributed by atoms with van der Waals surface area (Å²) in [4.78, 5) is 17.3. The SMILES string of the molecule is CC(CCc1ccco1)NC(=O)c1ncoc1-c1cccs1. The molecule has 0 aromatic carbocycles. The number of nitrogens with zero attached hydrogens (tertiary/aromatic N) is 1. The largest absolute Gasteiger partial charge is 0.469 e. The normalized spacial score (nSPS) is 12.2. The molecular formula is C16H16N2O3S. The van der Waals surface area contributed by atoms with Crippen molar-refractivity contribution in [3.05, 3.63) is 53.8 Å². The zero-order valence-corrected chi connectivity index (χ0v) is 12.9. The molecule has 0 saturated heterocycles. The van der Waals surface area contributed by atoms with Gasteiger partial charge in [-0.05, 0) is 36.9 Å². The van der Waals surface area contributed by atoms with E-state index in [9.17, 15) is 4.79 Å². The van der Waals surface area contributed by atoms with Crippen LogP contribution in [-0.2, 0) is 6.42 Å². The van der Waals surface area contributed by atoms with Gasteiger partial charge in [-0.25, -0.2) is 4.98 Å². The number of amides is 1. The number of aryl methyl sites for hydroxylation is 1. The first-order valence-corrected chi connectivity index (χ1v) is 7.92. The van der Waals surface area contributed by atoms with Gasteiger partial charge in [0.1, 0.15) is 5.76 Å². The van der Waals surface area contributed by atoms with E-state index < -0.39 is 0 Å². The second-order valence-corrected chi connectivity index (χ2v) is 5.95. The Balaban J connectivity index is 1.61. The van der Waals surface area contributed by atoms with Crippen LogP contribution in [0.1, 0.15) is 29.6 Å². The van der Waals surface area contributed by atoms with Crippen molar-refractivity contribution >= 4 is 17.2 Å². The lowest BCUT2D eigenvalue weighted by Crippen LogP contribution is -2.33. The van der Waals surface area contributed by atoms with Gasteiger partial charge in [-0.2, -0.15) is 0 Å². The fraction of sp³-hybridized carbons (Fsp3) is 0.250. The molecule has 1 atom stereocenters. The summed E-state index contributed by atoms with van der Waals surface area (Å²) in [6, 6.07) is 7.63. The number of aromatic nitrogens is 1. The van der Waals surface area contributed by atoms with Crippen LogP contribution in [0.5, 0.6) is 0 Å². The molecule has 3 heterocycles. The minimum Gasteiger partial charge on any atom is -0.469 e. The molecule has 6 heteroatoms. The van der Waals surface area contributed by atoms with E-state index in [-0.39, 0.29) is 11.9 Å². The molecule has 22 heavy (non-hydrogen) atoms. The number of nitrogens with one attached hydrogen (secondary N) is 1. The molecule has 0 saturated carbocycles. The van der Waals surface area contributed by atoms with E-state index in [0.717, 1.165) is 23.5 Å². The van der Waals surface area contributed by atoms with Crippen molar-refractivity contribution in [2.24, 2.45) is 0 Å². The minimum atomic E-state index is -0.218. The molecule has 3 rings (SSSR count).